The van der Waals surface area contributed by atoms with Gasteiger partial charge in [-0.1, -0.05) is 18.2 Å². The first-order valence-electron chi connectivity index (χ1n) is 7.77. The fourth-order valence-corrected chi connectivity index (χ4v) is 2.63. The maximum absolute atomic E-state index is 11.8. The molecular weight excluding hydrogens is 280 g/mol. The monoisotopic (exact) mass is 306 g/mol. The molecule has 1 aromatic rings. The number of alkyl carbamates (subject to hydrolysis) is 1. The molecule has 22 heavy (non-hydrogen) atoms. The summed E-state index contributed by atoms with van der Waals surface area (Å²) >= 11 is 0. The van der Waals surface area contributed by atoms with Gasteiger partial charge >= 0.3 is 6.09 Å². The third-order valence-corrected chi connectivity index (χ3v) is 3.58. The van der Waals surface area contributed by atoms with Gasteiger partial charge in [-0.3, -0.25) is 0 Å². The summed E-state index contributed by atoms with van der Waals surface area (Å²) in [5.41, 5.74) is 6.50. The molecule has 0 aromatic heterocycles. The van der Waals surface area contributed by atoms with Gasteiger partial charge in [0, 0.05) is 12.6 Å². The van der Waals surface area contributed by atoms with Gasteiger partial charge in [0.15, 0.2) is 0 Å². The van der Waals surface area contributed by atoms with Crippen molar-refractivity contribution < 1.29 is 14.3 Å². The van der Waals surface area contributed by atoms with Crippen LogP contribution in [0.15, 0.2) is 24.3 Å². The molecule has 1 aliphatic heterocycles. The molecule has 0 spiro atoms. The molecule has 1 aromatic carbocycles. The van der Waals surface area contributed by atoms with Crippen LogP contribution in [0.5, 0.6) is 5.75 Å². The minimum Gasteiger partial charge on any atom is -0.493 e. The predicted octanol–water partition coefficient (Wildman–Crippen LogP) is 2.48. The number of carbonyl (C=O) groups is 1. The molecule has 2 rings (SSSR count). The van der Waals surface area contributed by atoms with Crippen molar-refractivity contribution in [3.05, 3.63) is 29.8 Å². The Hall–Kier alpha value is -1.75. The molecule has 2 atom stereocenters. The highest BCUT2D eigenvalue weighted by Crippen LogP contribution is 2.28. The summed E-state index contributed by atoms with van der Waals surface area (Å²) in [6, 6.07) is 7.97. The zero-order chi connectivity index (χ0) is 16.2. The van der Waals surface area contributed by atoms with E-state index in [1.807, 2.05) is 39.0 Å². The number of nitrogens with one attached hydrogen (secondary N) is 1. The van der Waals surface area contributed by atoms with Crippen molar-refractivity contribution in [2.75, 3.05) is 13.2 Å². The van der Waals surface area contributed by atoms with Crippen LogP contribution in [0, 0.1) is 5.92 Å². The summed E-state index contributed by atoms with van der Waals surface area (Å²) < 4.78 is 11.1. The molecule has 122 valence electrons. The van der Waals surface area contributed by atoms with Crippen molar-refractivity contribution in [1.82, 2.24) is 5.32 Å². The summed E-state index contributed by atoms with van der Waals surface area (Å²) in [7, 11) is 0. The second kappa shape index (κ2) is 7.01. The second-order valence-corrected chi connectivity index (χ2v) is 6.80. The van der Waals surface area contributed by atoms with Crippen LogP contribution in [0.4, 0.5) is 4.79 Å². The van der Waals surface area contributed by atoms with Crippen molar-refractivity contribution >= 4 is 6.09 Å². The highest BCUT2D eigenvalue weighted by Gasteiger charge is 2.25. The number of rotatable bonds is 4. The maximum Gasteiger partial charge on any atom is 0.407 e. The third-order valence-electron chi connectivity index (χ3n) is 3.58. The Balaban J connectivity index is 1.87. The summed E-state index contributed by atoms with van der Waals surface area (Å²) in [4.78, 5) is 11.8. The lowest BCUT2D eigenvalue weighted by Gasteiger charge is -2.29. The number of nitrogens with two attached hydrogens (primary N) is 1. The smallest absolute Gasteiger partial charge is 0.407 e. The summed E-state index contributed by atoms with van der Waals surface area (Å²) in [6.07, 6.45) is 1.31. The lowest BCUT2D eigenvalue weighted by molar-refractivity contribution is 0.0494. The number of benzene rings is 1. The molecule has 2 unspecified atom stereocenters. The molecule has 5 heteroatoms. The van der Waals surface area contributed by atoms with Crippen molar-refractivity contribution in [3.63, 3.8) is 0 Å². The van der Waals surface area contributed by atoms with Gasteiger partial charge in [0.25, 0.3) is 0 Å². The van der Waals surface area contributed by atoms with Crippen LogP contribution < -0.4 is 15.8 Å². The normalized spacial score (nSPS) is 18.8. The molecule has 0 bridgehead atoms. The Morgan fingerprint density at radius 3 is 2.86 bits per heavy atom. The van der Waals surface area contributed by atoms with E-state index in [2.05, 4.69) is 11.4 Å². The quantitative estimate of drug-likeness (QED) is 0.896. The number of amides is 1. The Morgan fingerprint density at radius 1 is 1.45 bits per heavy atom. The van der Waals surface area contributed by atoms with E-state index in [0.29, 0.717) is 19.1 Å². The van der Waals surface area contributed by atoms with Crippen LogP contribution in [0.3, 0.4) is 0 Å². The molecule has 1 aliphatic rings. The molecule has 1 heterocycles. The molecular formula is C17H26N2O3. The number of para-hydroxylation sites is 1. The van der Waals surface area contributed by atoms with E-state index in [0.717, 1.165) is 18.6 Å². The molecule has 0 aliphatic carbocycles. The molecule has 5 nitrogen and oxygen atoms in total. The van der Waals surface area contributed by atoms with Gasteiger partial charge < -0.3 is 20.5 Å². The van der Waals surface area contributed by atoms with E-state index in [9.17, 15) is 4.79 Å². The summed E-state index contributed by atoms with van der Waals surface area (Å²) in [5.74, 6) is 1.31. The van der Waals surface area contributed by atoms with E-state index in [1.54, 1.807) is 0 Å². The van der Waals surface area contributed by atoms with E-state index in [4.69, 9.17) is 15.2 Å². The van der Waals surface area contributed by atoms with Crippen molar-refractivity contribution in [2.45, 2.75) is 45.3 Å². The topological polar surface area (TPSA) is 73.6 Å². The first-order chi connectivity index (χ1) is 10.4. The van der Waals surface area contributed by atoms with Gasteiger partial charge in [-0.15, -0.1) is 0 Å². The van der Waals surface area contributed by atoms with Crippen molar-refractivity contribution in [2.24, 2.45) is 11.7 Å². The predicted molar refractivity (Wildman–Crippen MR) is 86.0 cm³/mol. The molecule has 1 amide bonds. The Kier molecular flexibility index (Phi) is 5.29. The van der Waals surface area contributed by atoms with E-state index in [1.165, 1.54) is 5.56 Å². The average Bonchev–Trinajstić information content (AvgIpc) is 2.44. The standard InChI is InChI=1S/C17H26N2O3/c1-17(2,3)22-16(20)19-14(10-18)9-12-8-13-6-4-5-7-15(13)21-11-12/h4-7,12,14H,8-11,18H2,1-3H3,(H,19,20). The van der Waals surface area contributed by atoms with E-state index in [-0.39, 0.29) is 6.04 Å². The zero-order valence-electron chi connectivity index (χ0n) is 13.6. The summed E-state index contributed by atoms with van der Waals surface area (Å²) in [6.45, 7) is 6.57. The lowest BCUT2D eigenvalue weighted by atomic mass is 9.91. The van der Waals surface area contributed by atoms with Gasteiger partial charge in [0.1, 0.15) is 11.4 Å². The van der Waals surface area contributed by atoms with Crippen molar-refractivity contribution in [3.8, 4) is 5.75 Å². The number of hydrogen-bond acceptors (Lipinski definition) is 4. The van der Waals surface area contributed by atoms with Crippen LogP contribution in [0.1, 0.15) is 32.8 Å². The number of fused-ring (bicyclic) bond motifs is 1. The van der Waals surface area contributed by atoms with Crippen LogP contribution in [-0.2, 0) is 11.2 Å². The summed E-state index contributed by atoms with van der Waals surface area (Å²) in [5, 5.41) is 2.85. The highest BCUT2D eigenvalue weighted by atomic mass is 16.6. The fourth-order valence-electron chi connectivity index (χ4n) is 2.63. The first-order valence-corrected chi connectivity index (χ1v) is 7.77. The van der Waals surface area contributed by atoms with Gasteiger partial charge in [-0.25, -0.2) is 4.79 Å². The van der Waals surface area contributed by atoms with Crippen LogP contribution >= 0.6 is 0 Å². The number of hydrogen-bond donors (Lipinski definition) is 2. The minimum atomic E-state index is -0.504. The maximum atomic E-state index is 11.8. The van der Waals surface area contributed by atoms with Crippen LogP contribution in [0.25, 0.3) is 0 Å². The molecule has 0 saturated carbocycles. The number of ether oxygens (including phenoxy) is 2. The fraction of sp³-hybridized carbons (Fsp3) is 0.588. The largest absolute Gasteiger partial charge is 0.493 e. The van der Waals surface area contributed by atoms with Crippen LogP contribution in [0.2, 0.25) is 0 Å². The third kappa shape index (κ3) is 4.91. The lowest BCUT2D eigenvalue weighted by Crippen LogP contribution is -2.44. The molecule has 3 N–H and O–H groups in total. The van der Waals surface area contributed by atoms with Gasteiger partial charge in [-0.2, -0.15) is 0 Å². The average molecular weight is 306 g/mol. The van der Waals surface area contributed by atoms with E-state index >= 15 is 0 Å². The molecule has 0 fully saturated rings. The Labute approximate surface area is 132 Å². The second-order valence-electron chi connectivity index (χ2n) is 6.80. The van der Waals surface area contributed by atoms with Gasteiger partial charge in [-0.05, 0) is 51.2 Å². The van der Waals surface area contributed by atoms with Gasteiger partial charge in [0.05, 0.1) is 6.61 Å². The highest BCUT2D eigenvalue weighted by molar-refractivity contribution is 5.68. The van der Waals surface area contributed by atoms with Crippen molar-refractivity contribution in [1.29, 1.82) is 0 Å². The molecule has 0 radical (unpaired) electrons. The Morgan fingerprint density at radius 2 is 2.18 bits per heavy atom. The SMILES string of the molecule is CC(C)(C)OC(=O)NC(CN)CC1COc2ccccc2C1. The zero-order valence-corrected chi connectivity index (χ0v) is 13.6. The Bertz CT molecular complexity index is 511. The molecule has 0 saturated heterocycles. The minimum absolute atomic E-state index is 0.103. The first kappa shape index (κ1) is 16.6. The van der Waals surface area contributed by atoms with Crippen LogP contribution in [-0.4, -0.2) is 30.9 Å². The van der Waals surface area contributed by atoms with Gasteiger partial charge in [0.2, 0.25) is 0 Å². The number of carbonyl (C=O) groups excluding carboxylic acids is 1. The van der Waals surface area contributed by atoms with E-state index < -0.39 is 11.7 Å².